The first-order chi connectivity index (χ1) is 8.47. The fourth-order valence-electron chi connectivity index (χ4n) is 2.86. The molecule has 18 heavy (non-hydrogen) atoms. The number of phenolic OH excluding ortho intramolecular Hbond substituents is 1. The van der Waals surface area contributed by atoms with Gasteiger partial charge >= 0.3 is 0 Å². The third-order valence-corrected chi connectivity index (χ3v) is 6.40. The second-order valence-electron chi connectivity index (χ2n) is 4.84. The number of aromatic hydroxyl groups is 1. The van der Waals surface area contributed by atoms with E-state index < -0.39 is 20.5 Å². The molecule has 1 aromatic carbocycles. The molecule has 1 saturated carbocycles. The number of phenols is 1. The van der Waals surface area contributed by atoms with Crippen LogP contribution in [-0.2, 0) is 14.6 Å². The maximum atomic E-state index is 12.6. The van der Waals surface area contributed by atoms with Crippen LogP contribution in [0.2, 0.25) is 0 Å². The summed E-state index contributed by atoms with van der Waals surface area (Å²) in [6, 6.07) is 3.96. The van der Waals surface area contributed by atoms with Gasteiger partial charge in [-0.3, -0.25) is 4.79 Å². The lowest BCUT2D eigenvalue weighted by molar-refractivity contribution is -0.118. The van der Waals surface area contributed by atoms with Crippen molar-refractivity contribution in [3.05, 3.63) is 18.2 Å². The molecule has 0 saturated heterocycles. The number of hydrogen-bond donors (Lipinski definition) is 2. The highest BCUT2D eigenvalue weighted by Gasteiger charge is 2.56. The van der Waals surface area contributed by atoms with Gasteiger partial charge in [0.2, 0.25) is 5.91 Å². The number of carbonyl (C=O) groups is 1. The third kappa shape index (κ3) is 1.26. The van der Waals surface area contributed by atoms with Crippen molar-refractivity contribution in [1.29, 1.82) is 0 Å². The summed E-state index contributed by atoms with van der Waals surface area (Å²) in [5.74, 6) is -0.523. The van der Waals surface area contributed by atoms with E-state index in [-0.39, 0.29) is 16.3 Å². The predicted molar refractivity (Wildman–Crippen MR) is 65.1 cm³/mol. The van der Waals surface area contributed by atoms with Crippen molar-refractivity contribution in [1.82, 2.24) is 0 Å². The van der Waals surface area contributed by atoms with Gasteiger partial charge in [-0.05, 0) is 25.0 Å². The predicted octanol–water partition coefficient (Wildman–Crippen LogP) is 1.43. The number of benzene rings is 1. The molecule has 2 N–H and O–H groups in total. The maximum Gasteiger partial charge on any atom is 0.246 e. The molecule has 0 radical (unpaired) electrons. The fourth-order valence-corrected chi connectivity index (χ4v) is 5.05. The van der Waals surface area contributed by atoms with Gasteiger partial charge in [-0.15, -0.1) is 0 Å². The SMILES string of the molecule is O=C1Nc2cc(O)ccc2S(=O)(=O)C12CCCC2. The first-order valence-electron chi connectivity index (χ1n) is 5.86. The molecular weight excluding hydrogens is 254 g/mol. The lowest BCUT2D eigenvalue weighted by atomic mass is 10.1. The van der Waals surface area contributed by atoms with Crippen molar-refractivity contribution in [3.8, 4) is 5.75 Å². The molecule has 0 aromatic heterocycles. The molecule has 2 aliphatic rings. The van der Waals surface area contributed by atoms with Crippen LogP contribution < -0.4 is 5.32 Å². The van der Waals surface area contributed by atoms with E-state index in [9.17, 15) is 18.3 Å². The zero-order valence-electron chi connectivity index (χ0n) is 9.64. The van der Waals surface area contributed by atoms with Gasteiger partial charge in [0.05, 0.1) is 10.6 Å². The van der Waals surface area contributed by atoms with Crippen LogP contribution in [0, 0.1) is 0 Å². The average molecular weight is 267 g/mol. The Morgan fingerprint density at radius 1 is 1.22 bits per heavy atom. The third-order valence-electron chi connectivity index (χ3n) is 3.84. The number of nitrogens with one attached hydrogen (secondary N) is 1. The molecule has 1 aliphatic heterocycles. The summed E-state index contributed by atoms with van der Waals surface area (Å²) in [6.45, 7) is 0. The average Bonchev–Trinajstić information content (AvgIpc) is 2.77. The number of anilines is 1. The van der Waals surface area contributed by atoms with E-state index in [0.29, 0.717) is 12.8 Å². The van der Waals surface area contributed by atoms with Gasteiger partial charge < -0.3 is 10.4 Å². The minimum absolute atomic E-state index is 0.0633. The molecule has 1 spiro atoms. The molecule has 1 amide bonds. The van der Waals surface area contributed by atoms with Gasteiger partial charge in [-0.2, -0.15) is 0 Å². The number of amides is 1. The van der Waals surface area contributed by atoms with Crippen molar-refractivity contribution in [2.75, 3.05) is 5.32 Å². The molecule has 0 bridgehead atoms. The Kier molecular flexibility index (Phi) is 2.22. The van der Waals surface area contributed by atoms with Gasteiger partial charge in [0, 0.05) is 6.07 Å². The van der Waals surface area contributed by atoms with Crippen LogP contribution in [0.1, 0.15) is 25.7 Å². The fraction of sp³-hybridized carbons (Fsp3) is 0.417. The lowest BCUT2D eigenvalue weighted by Gasteiger charge is -2.33. The van der Waals surface area contributed by atoms with E-state index in [4.69, 9.17) is 0 Å². The molecule has 0 unspecified atom stereocenters. The lowest BCUT2D eigenvalue weighted by Crippen LogP contribution is -2.50. The summed E-state index contributed by atoms with van der Waals surface area (Å²) in [6.07, 6.45) is 2.25. The van der Waals surface area contributed by atoms with Crippen molar-refractivity contribution in [2.45, 2.75) is 35.3 Å². The van der Waals surface area contributed by atoms with Crippen LogP contribution >= 0.6 is 0 Å². The van der Waals surface area contributed by atoms with Crippen LogP contribution in [-0.4, -0.2) is 24.2 Å². The summed E-state index contributed by atoms with van der Waals surface area (Å²) >= 11 is 0. The second-order valence-corrected chi connectivity index (χ2v) is 7.07. The smallest absolute Gasteiger partial charge is 0.246 e. The summed E-state index contributed by atoms with van der Waals surface area (Å²) in [5.41, 5.74) is 0.178. The topological polar surface area (TPSA) is 83.5 Å². The van der Waals surface area contributed by atoms with E-state index in [2.05, 4.69) is 5.32 Å². The number of hydrogen-bond acceptors (Lipinski definition) is 4. The van der Waals surface area contributed by atoms with Crippen molar-refractivity contribution >= 4 is 21.4 Å². The molecule has 1 aromatic rings. The minimum atomic E-state index is -3.67. The molecule has 0 atom stereocenters. The van der Waals surface area contributed by atoms with Gasteiger partial charge in [0.25, 0.3) is 0 Å². The first kappa shape index (κ1) is 11.5. The Labute approximate surface area is 105 Å². The Bertz CT molecular complexity index is 629. The highest BCUT2D eigenvalue weighted by molar-refractivity contribution is 7.94. The van der Waals surface area contributed by atoms with Gasteiger partial charge in [-0.25, -0.2) is 8.42 Å². The van der Waals surface area contributed by atoms with Gasteiger partial charge in [0.1, 0.15) is 5.75 Å². The van der Waals surface area contributed by atoms with Crippen LogP contribution in [0.3, 0.4) is 0 Å². The Morgan fingerprint density at radius 2 is 1.89 bits per heavy atom. The monoisotopic (exact) mass is 267 g/mol. The minimum Gasteiger partial charge on any atom is -0.508 e. The Balaban J connectivity index is 2.26. The van der Waals surface area contributed by atoms with E-state index in [0.717, 1.165) is 12.8 Å². The molecule has 1 fully saturated rings. The number of fused-ring (bicyclic) bond motifs is 1. The van der Waals surface area contributed by atoms with E-state index >= 15 is 0 Å². The van der Waals surface area contributed by atoms with Crippen LogP contribution in [0.15, 0.2) is 23.1 Å². The van der Waals surface area contributed by atoms with Gasteiger partial charge in [-0.1, -0.05) is 12.8 Å². The molecule has 1 heterocycles. The molecule has 1 aliphatic carbocycles. The van der Waals surface area contributed by atoms with Crippen molar-refractivity contribution in [3.63, 3.8) is 0 Å². The number of rotatable bonds is 0. The highest BCUT2D eigenvalue weighted by Crippen LogP contribution is 2.46. The Morgan fingerprint density at radius 3 is 2.56 bits per heavy atom. The first-order valence-corrected chi connectivity index (χ1v) is 7.35. The highest BCUT2D eigenvalue weighted by atomic mass is 32.2. The van der Waals surface area contributed by atoms with Crippen LogP contribution in [0.5, 0.6) is 5.75 Å². The zero-order valence-corrected chi connectivity index (χ0v) is 10.5. The number of sulfone groups is 1. The molecule has 96 valence electrons. The Hall–Kier alpha value is -1.56. The molecule has 6 heteroatoms. The van der Waals surface area contributed by atoms with Crippen molar-refractivity contribution < 1.29 is 18.3 Å². The van der Waals surface area contributed by atoms with Crippen LogP contribution in [0.4, 0.5) is 5.69 Å². The zero-order chi connectivity index (χ0) is 13.0. The van der Waals surface area contributed by atoms with Crippen LogP contribution in [0.25, 0.3) is 0 Å². The van der Waals surface area contributed by atoms with E-state index in [1.807, 2.05) is 0 Å². The quantitative estimate of drug-likeness (QED) is 0.745. The summed E-state index contributed by atoms with van der Waals surface area (Å²) in [4.78, 5) is 12.2. The molecular formula is C12H13NO4S. The van der Waals surface area contributed by atoms with E-state index in [1.54, 1.807) is 0 Å². The summed E-state index contributed by atoms with van der Waals surface area (Å²) in [7, 11) is -3.67. The maximum absolute atomic E-state index is 12.6. The van der Waals surface area contributed by atoms with E-state index in [1.165, 1.54) is 18.2 Å². The number of carbonyl (C=O) groups excluding carboxylic acids is 1. The second kappa shape index (κ2) is 3.47. The van der Waals surface area contributed by atoms with Gasteiger partial charge in [0.15, 0.2) is 14.6 Å². The molecule has 5 nitrogen and oxygen atoms in total. The standard InChI is InChI=1S/C12H13NO4S/c14-8-3-4-10-9(7-8)13-11(15)12(18(10,16)17)5-1-2-6-12/h3-4,7,14H,1-2,5-6H2,(H,13,15). The van der Waals surface area contributed by atoms with Crippen molar-refractivity contribution in [2.24, 2.45) is 0 Å². The summed E-state index contributed by atoms with van der Waals surface area (Å²) < 4.78 is 23.9. The molecule has 3 rings (SSSR count). The summed E-state index contributed by atoms with van der Waals surface area (Å²) in [5, 5.41) is 12.0. The normalized spacial score (nSPS) is 23.7. The largest absolute Gasteiger partial charge is 0.508 e.